The molecule has 1 saturated carbocycles. The molecule has 0 bridgehead atoms. The number of carbonyl (C=O) groups is 1. The minimum atomic E-state index is -0.254. The monoisotopic (exact) mass is 330 g/mol. The van der Waals surface area contributed by atoms with Crippen molar-refractivity contribution in [1.29, 1.82) is 5.26 Å². The van der Waals surface area contributed by atoms with Crippen molar-refractivity contribution >= 4 is 11.9 Å². The first-order chi connectivity index (χ1) is 12.3. The molecule has 2 aromatic rings. The average Bonchev–Trinajstić information content (AvgIpc) is 3.37. The number of hydrogen-bond acceptors (Lipinski definition) is 4. The summed E-state index contributed by atoms with van der Waals surface area (Å²) in [7, 11) is 0. The fourth-order valence-corrected chi connectivity index (χ4v) is 4.69. The zero-order valence-electron chi connectivity index (χ0n) is 13.9. The summed E-state index contributed by atoms with van der Waals surface area (Å²) in [5.74, 6) is 0.272. The zero-order chi connectivity index (χ0) is 17.0. The van der Waals surface area contributed by atoms with E-state index in [1.54, 1.807) is 6.20 Å². The molecule has 0 amide bonds. The molecule has 0 radical (unpaired) electrons. The summed E-state index contributed by atoms with van der Waals surface area (Å²) in [5, 5.41) is 14.0. The standard InChI is InChI=1S/C20H18N4O/c21-9-7-17(12-3-1-2-4-12)24-11-15-13-8-10-22-16-6-5-14(18(13)16)20(25)19(15)23-24/h5-6,8,10-12,14,17H,1-4,7H2. The number of Topliss-reactive ketones (excluding diaryl/α,β-unsaturated/α-hetero) is 1. The lowest BCUT2D eigenvalue weighted by Crippen LogP contribution is -2.19. The van der Waals surface area contributed by atoms with Crippen LogP contribution in [0.4, 0.5) is 0 Å². The highest BCUT2D eigenvalue weighted by molar-refractivity contribution is 6.11. The van der Waals surface area contributed by atoms with Crippen LogP contribution in [0.3, 0.4) is 0 Å². The number of nitriles is 1. The van der Waals surface area contributed by atoms with Gasteiger partial charge in [0.25, 0.3) is 0 Å². The Bertz CT molecular complexity index is 943. The minimum Gasteiger partial charge on any atom is -0.291 e. The van der Waals surface area contributed by atoms with Crippen LogP contribution in [0.1, 0.15) is 65.8 Å². The molecule has 1 fully saturated rings. The van der Waals surface area contributed by atoms with Crippen molar-refractivity contribution in [3.05, 3.63) is 41.5 Å². The molecule has 2 atom stereocenters. The molecule has 2 aromatic heterocycles. The highest BCUT2D eigenvalue weighted by Crippen LogP contribution is 2.45. The van der Waals surface area contributed by atoms with E-state index >= 15 is 0 Å². The molecule has 5 rings (SSSR count). The number of nitrogens with zero attached hydrogens (tertiary/aromatic N) is 4. The van der Waals surface area contributed by atoms with Crippen LogP contribution in [0, 0.1) is 17.2 Å². The molecule has 25 heavy (non-hydrogen) atoms. The van der Waals surface area contributed by atoms with Crippen LogP contribution < -0.4 is 0 Å². The number of hydrogen-bond donors (Lipinski definition) is 0. The maximum Gasteiger partial charge on any atom is 0.195 e. The predicted molar refractivity (Wildman–Crippen MR) is 92.8 cm³/mol. The van der Waals surface area contributed by atoms with Crippen LogP contribution in [0.5, 0.6) is 0 Å². The Morgan fingerprint density at radius 1 is 1.32 bits per heavy atom. The van der Waals surface area contributed by atoms with Gasteiger partial charge in [0, 0.05) is 23.5 Å². The van der Waals surface area contributed by atoms with E-state index in [2.05, 4.69) is 16.2 Å². The van der Waals surface area contributed by atoms with Crippen LogP contribution in [0.25, 0.3) is 17.2 Å². The number of aromatic nitrogens is 3. The molecule has 3 aliphatic rings. The minimum absolute atomic E-state index is 0.0476. The topological polar surface area (TPSA) is 71.6 Å². The summed E-state index contributed by atoms with van der Waals surface area (Å²) < 4.78 is 1.90. The lowest BCUT2D eigenvalue weighted by molar-refractivity contribution is 0.0969. The van der Waals surface area contributed by atoms with Crippen molar-refractivity contribution in [3.63, 3.8) is 0 Å². The van der Waals surface area contributed by atoms with Crippen LogP contribution in [-0.2, 0) is 0 Å². The Morgan fingerprint density at radius 3 is 2.96 bits per heavy atom. The van der Waals surface area contributed by atoms with Gasteiger partial charge >= 0.3 is 0 Å². The predicted octanol–water partition coefficient (Wildman–Crippen LogP) is 3.90. The first-order valence-corrected chi connectivity index (χ1v) is 8.95. The number of pyridine rings is 1. The maximum atomic E-state index is 12.9. The van der Waals surface area contributed by atoms with Crippen molar-refractivity contribution in [1.82, 2.24) is 14.8 Å². The van der Waals surface area contributed by atoms with E-state index in [1.807, 2.05) is 29.1 Å². The van der Waals surface area contributed by atoms with Gasteiger partial charge in [-0.25, -0.2) is 0 Å². The number of carbonyl (C=O) groups excluding carboxylic acids is 1. The summed E-state index contributed by atoms with van der Waals surface area (Å²) >= 11 is 0. The second kappa shape index (κ2) is 5.38. The molecule has 3 aliphatic carbocycles. The van der Waals surface area contributed by atoms with Crippen molar-refractivity contribution < 1.29 is 4.79 Å². The SMILES string of the molecule is N#CCC(C1CCCC1)n1cc2c(n1)C(=O)C1C=Cc3nccc-2c31. The Balaban J connectivity index is 1.63. The fourth-order valence-electron chi connectivity index (χ4n) is 4.69. The van der Waals surface area contributed by atoms with Gasteiger partial charge in [-0.3, -0.25) is 14.5 Å². The third-order valence-electron chi connectivity index (χ3n) is 5.90. The van der Waals surface area contributed by atoms with E-state index in [0.717, 1.165) is 35.2 Å². The number of rotatable bonds is 3. The largest absolute Gasteiger partial charge is 0.291 e. The molecular formula is C20H18N4O. The number of allylic oxidation sites excluding steroid dienone is 1. The van der Waals surface area contributed by atoms with Crippen molar-refractivity contribution in [2.75, 3.05) is 0 Å². The highest BCUT2D eigenvalue weighted by atomic mass is 16.1. The van der Waals surface area contributed by atoms with E-state index in [4.69, 9.17) is 0 Å². The molecule has 2 unspecified atom stereocenters. The van der Waals surface area contributed by atoms with Gasteiger partial charge < -0.3 is 0 Å². The Kier molecular flexibility index (Phi) is 3.14. The van der Waals surface area contributed by atoms with Gasteiger partial charge in [-0.05, 0) is 36.5 Å². The van der Waals surface area contributed by atoms with Gasteiger partial charge in [0.05, 0.1) is 30.1 Å². The van der Waals surface area contributed by atoms with Crippen LogP contribution >= 0.6 is 0 Å². The molecule has 5 heteroatoms. The van der Waals surface area contributed by atoms with E-state index in [-0.39, 0.29) is 17.7 Å². The van der Waals surface area contributed by atoms with Gasteiger partial charge in [-0.15, -0.1) is 0 Å². The first-order valence-electron chi connectivity index (χ1n) is 8.95. The summed E-state index contributed by atoms with van der Waals surface area (Å²) in [6.45, 7) is 0. The molecule has 124 valence electrons. The second-order valence-electron chi connectivity index (χ2n) is 7.20. The number of fused-ring (bicyclic) bond motifs is 2. The molecule has 2 heterocycles. The Labute approximate surface area is 146 Å². The van der Waals surface area contributed by atoms with Gasteiger partial charge in [0.1, 0.15) is 5.69 Å². The summed E-state index contributed by atoms with van der Waals surface area (Å²) in [4.78, 5) is 17.3. The van der Waals surface area contributed by atoms with Gasteiger partial charge in [-0.1, -0.05) is 18.9 Å². The molecule has 0 saturated heterocycles. The van der Waals surface area contributed by atoms with Gasteiger partial charge in [-0.2, -0.15) is 10.4 Å². The third-order valence-corrected chi connectivity index (χ3v) is 5.90. The quantitative estimate of drug-likeness (QED) is 0.855. The lowest BCUT2D eigenvalue weighted by Gasteiger charge is -2.21. The van der Waals surface area contributed by atoms with E-state index in [9.17, 15) is 10.1 Å². The van der Waals surface area contributed by atoms with Crippen LogP contribution in [0.2, 0.25) is 0 Å². The fraction of sp³-hybridized carbons (Fsp3) is 0.400. The van der Waals surface area contributed by atoms with Gasteiger partial charge in [0.2, 0.25) is 0 Å². The van der Waals surface area contributed by atoms with Gasteiger partial charge in [0.15, 0.2) is 5.78 Å². The average molecular weight is 330 g/mol. The molecule has 0 N–H and O–H groups in total. The Hall–Kier alpha value is -2.74. The molecule has 0 aromatic carbocycles. The van der Waals surface area contributed by atoms with E-state index in [1.165, 1.54) is 12.8 Å². The van der Waals surface area contributed by atoms with Crippen molar-refractivity contribution in [3.8, 4) is 17.2 Å². The summed E-state index contributed by atoms with van der Waals surface area (Å²) in [6, 6.07) is 4.36. The second-order valence-corrected chi connectivity index (χ2v) is 7.20. The van der Waals surface area contributed by atoms with Crippen molar-refractivity contribution in [2.45, 2.75) is 44.1 Å². The summed E-state index contributed by atoms with van der Waals surface area (Å²) in [6.07, 6.45) is 12.8. The van der Waals surface area contributed by atoms with Crippen LogP contribution in [0.15, 0.2) is 24.5 Å². The van der Waals surface area contributed by atoms with Crippen LogP contribution in [-0.4, -0.2) is 20.5 Å². The summed E-state index contributed by atoms with van der Waals surface area (Å²) in [5.41, 5.74) is 4.39. The zero-order valence-corrected chi connectivity index (χ0v) is 13.9. The molecule has 0 aliphatic heterocycles. The molecule has 0 spiro atoms. The Morgan fingerprint density at radius 2 is 2.16 bits per heavy atom. The molecular weight excluding hydrogens is 312 g/mol. The maximum absolute atomic E-state index is 12.9. The third kappa shape index (κ3) is 2.03. The van der Waals surface area contributed by atoms with E-state index < -0.39 is 0 Å². The number of ketones is 1. The van der Waals surface area contributed by atoms with E-state index in [0.29, 0.717) is 18.0 Å². The molecule has 5 nitrogen and oxygen atoms in total. The van der Waals surface area contributed by atoms with Crippen molar-refractivity contribution in [2.24, 2.45) is 5.92 Å². The first kappa shape index (κ1) is 14.6. The lowest BCUT2D eigenvalue weighted by atomic mass is 9.83. The highest BCUT2D eigenvalue weighted by Gasteiger charge is 2.38. The smallest absolute Gasteiger partial charge is 0.195 e. The normalized spacial score (nSPS) is 21.9.